The van der Waals surface area contributed by atoms with E-state index in [1.807, 2.05) is 51.1 Å². The van der Waals surface area contributed by atoms with Gasteiger partial charge in [-0.1, -0.05) is 24.8 Å². The van der Waals surface area contributed by atoms with Gasteiger partial charge in [0.25, 0.3) is 0 Å². The molecule has 0 aliphatic rings. The molecule has 1 aromatic carbocycles. The molecule has 1 rings (SSSR count). The molecule has 146 valence electrons. The third-order valence-corrected chi connectivity index (χ3v) is 4.08. The molecule has 7 heteroatoms. The minimum Gasteiger partial charge on any atom is -0.461 e. The highest BCUT2D eigenvalue weighted by Gasteiger charge is 2.19. The summed E-state index contributed by atoms with van der Waals surface area (Å²) >= 11 is 1.59. The van der Waals surface area contributed by atoms with Crippen LogP contribution in [0.15, 0.2) is 47.9 Å². The van der Waals surface area contributed by atoms with Crippen LogP contribution in [0.5, 0.6) is 0 Å². The third-order valence-electron chi connectivity index (χ3n) is 2.94. The molecule has 26 heavy (non-hydrogen) atoms. The van der Waals surface area contributed by atoms with Gasteiger partial charge in [0.2, 0.25) is 0 Å². The van der Waals surface area contributed by atoms with E-state index in [4.69, 9.17) is 14.2 Å². The Morgan fingerprint density at radius 3 is 2.62 bits per heavy atom. The molecule has 1 amide bonds. The topological polar surface area (TPSA) is 73.9 Å². The van der Waals surface area contributed by atoms with Crippen molar-refractivity contribution in [3.63, 3.8) is 0 Å². The fraction of sp³-hybridized carbons (Fsp3) is 0.474. The maximum absolute atomic E-state index is 11.9. The number of carbonyl (C=O) groups is 2. The van der Waals surface area contributed by atoms with Crippen molar-refractivity contribution in [1.82, 2.24) is 5.32 Å². The van der Waals surface area contributed by atoms with E-state index in [1.54, 1.807) is 11.8 Å². The number of ether oxygens (including phenoxy) is 3. The Morgan fingerprint density at radius 2 is 2.00 bits per heavy atom. The van der Waals surface area contributed by atoms with Crippen LogP contribution >= 0.6 is 11.8 Å². The number of amides is 1. The quantitative estimate of drug-likeness (QED) is 0.288. The molecule has 0 heterocycles. The van der Waals surface area contributed by atoms with E-state index >= 15 is 0 Å². The summed E-state index contributed by atoms with van der Waals surface area (Å²) < 4.78 is 16.0. The standard InChI is InChI=1S/C19H27NO5S.H2/c1-5-17(21)23-12-11-20-18(22)25-15(13-24-19(2,3)4)14-26-16-9-7-6-8-10-16;/h5-10,15H,1,11-14H2,2-4H3,(H,20,22);1H. The highest BCUT2D eigenvalue weighted by molar-refractivity contribution is 7.99. The largest absolute Gasteiger partial charge is 0.461 e. The van der Waals surface area contributed by atoms with E-state index in [9.17, 15) is 9.59 Å². The molecule has 0 radical (unpaired) electrons. The lowest BCUT2D eigenvalue weighted by molar-refractivity contribution is -0.137. The number of hydrogen-bond donors (Lipinski definition) is 1. The van der Waals surface area contributed by atoms with Gasteiger partial charge in [-0.2, -0.15) is 0 Å². The molecule has 1 N–H and O–H groups in total. The van der Waals surface area contributed by atoms with Crippen LogP contribution in [0.1, 0.15) is 22.2 Å². The molecule has 1 aromatic rings. The number of esters is 1. The van der Waals surface area contributed by atoms with Crippen molar-refractivity contribution < 1.29 is 25.2 Å². The second-order valence-electron chi connectivity index (χ2n) is 6.37. The van der Waals surface area contributed by atoms with Gasteiger partial charge in [0.1, 0.15) is 12.7 Å². The van der Waals surface area contributed by atoms with Crippen LogP contribution < -0.4 is 5.32 Å². The van der Waals surface area contributed by atoms with Gasteiger partial charge in [-0.25, -0.2) is 9.59 Å². The summed E-state index contributed by atoms with van der Waals surface area (Å²) in [6.45, 7) is 9.65. The Hall–Kier alpha value is -1.99. The minimum atomic E-state index is -0.573. The molecular weight excluding hydrogens is 354 g/mol. The molecule has 1 atom stereocenters. The molecule has 6 nitrogen and oxygen atoms in total. The molecule has 1 unspecified atom stereocenters. The first-order valence-electron chi connectivity index (χ1n) is 8.35. The summed E-state index contributed by atoms with van der Waals surface area (Å²) in [5.74, 6) is 0.0368. The zero-order valence-electron chi connectivity index (χ0n) is 15.5. The van der Waals surface area contributed by atoms with Crippen molar-refractivity contribution in [1.29, 1.82) is 0 Å². The fourth-order valence-corrected chi connectivity index (χ4v) is 2.61. The van der Waals surface area contributed by atoms with E-state index in [1.165, 1.54) is 0 Å². The molecule has 0 aromatic heterocycles. The first kappa shape index (κ1) is 22.1. The molecule has 0 aliphatic heterocycles. The van der Waals surface area contributed by atoms with Crippen LogP contribution in [0.3, 0.4) is 0 Å². The summed E-state index contributed by atoms with van der Waals surface area (Å²) in [4.78, 5) is 24.0. The average molecular weight is 384 g/mol. The van der Waals surface area contributed by atoms with Crippen molar-refractivity contribution in [2.45, 2.75) is 37.4 Å². The summed E-state index contributed by atoms with van der Waals surface area (Å²) in [5.41, 5.74) is -0.325. The molecule has 0 aliphatic carbocycles. The summed E-state index contributed by atoms with van der Waals surface area (Å²) in [5, 5.41) is 2.55. The van der Waals surface area contributed by atoms with E-state index < -0.39 is 18.2 Å². The van der Waals surface area contributed by atoms with Crippen molar-refractivity contribution >= 4 is 23.8 Å². The third kappa shape index (κ3) is 10.8. The van der Waals surface area contributed by atoms with Crippen molar-refractivity contribution in [3.05, 3.63) is 43.0 Å². The lowest BCUT2D eigenvalue weighted by Gasteiger charge is -2.24. The Labute approximate surface area is 160 Å². The van der Waals surface area contributed by atoms with Crippen LogP contribution in [-0.4, -0.2) is 49.3 Å². The SMILES string of the molecule is C=CC(=O)OCCNC(=O)OC(COC(C)(C)C)CSc1ccccc1.[HH]. The van der Waals surface area contributed by atoms with Crippen LogP contribution in [0, 0.1) is 0 Å². The van der Waals surface area contributed by atoms with Gasteiger partial charge < -0.3 is 19.5 Å². The summed E-state index contributed by atoms with van der Waals surface area (Å²) in [7, 11) is 0. The van der Waals surface area contributed by atoms with Gasteiger partial charge >= 0.3 is 12.1 Å². The molecule has 0 bridgehead atoms. The second-order valence-corrected chi connectivity index (χ2v) is 7.47. The predicted molar refractivity (Wildman–Crippen MR) is 104 cm³/mol. The Kier molecular flexibility index (Phi) is 9.83. The Bertz CT molecular complexity index is 577. The van der Waals surface area contributed by atoms with Crippen LogP contribution in [0.4, 0.5) is 4.79 Å². The number of carbonyl (C=O) groups excluding carboxylic acids is 2. The Balaban J connectivity index is 0.00000676. The van der Waals surface area contributed by atoms with Crippen molar-refractivity contribution in [2.24, 2.45) is 0 Å². The predicted octanol–water partition coefficient (Wildman–Crippen LogP) is 3.66. The van der Waals surface area contributed by atoms with E-state index in [2.05, 4.69) is 11.9 Å². The maximum atomic E-state index is 11.9. The molecule has 0 spiro atoms. The van der Waals surface area contributed by atoms with E-state index in [0.29, 0.717) is 12.4 Å². The monoisotopic (exact) mass is 383 g/mol. The van der Waals surface area contributed by atoms with Crippen LogP contribution in [0.25, 0.3) is 0 Å². The average Bonchev–Trinajstić information content (AvgIpc) is 2.61. The highest BCUT2D eigenvalue weighted by atomic mass is 32.2. The summed E-state index contributed by atoms with van der Waals surface area (Å²) in [6, 6.07) is 9.87. The van der Waals surface area contributed by atoms with Gasteiger partial charge in [-0.15, -0.1) is 11.8 Å². The number of hydrogen-bond acceptors (Lipinski definition) is 6. The van der Waals surface area contributed by atoms with E-state index in [-0.39, 0.29) is 20.2 Å². The Morgan fingerprint density at radius 1 is 1.31 bits per heavy atom. The smallest absolute Gasteiger partial charge is 0.407 e. The molecule has 0 fully saturated rings. The normalized spacial score (nSPS) is 12.1. The van der Waals surface area contributed by atoms with Gasteiger partial charge in [0.05, 0.1) is 18.8 Å². The minimum absolute atomic E-state index is 0. The van der Waals surface area contributed by atoms with Crippen molar-refractivity contribution in [3.8, 4) is 0 Å². The first-order chi connectivity index (χ1) is 12.3. The lowest BCUT2D eigenvalue weighted by Crippen LogP contribution is -2.36. The number of alkyl carbamates (subject to hydrolysis) is 1. The zero-order valence-corrected chi connectivity index (χ0v) is 16.3. The fourth-order valence-electron chi connectivity index (χ4n) is 1.72. The number of rotatable bonds is 10. The van der Waals surface area contributed by atoms with E-state index in [0.717, 1.165) is 11.0 Å². The first-order valence-corrected chi connectivity index (χ1v) is 9.34. The van der Waals surface area contributed by atoms with Gasteiger partial charge in [-0.3, -0.25) is 0 Å². The molecule has 0 saturated heterocycles. The number of benzene rings is 1. The van der Waals surface area contributed by atoms with Crippen molar-refractivity contribution in [2.75, 3.05) is 25.5 Å². The second kappa shape index (κ2) is 11.6. The van der Waals surface area contributed by atoms with Gasteiger partial charge in [-0.05, 0) is 32.9 Å². The van der Waals surface area contributed by atoms with Gasteiger partial charge in [0.15, 0.2) is 0 Å². The maximum Gasteiger partial charge on any atom is 0.407 e. The number of nitrogens with one attached hydrogen (secondary N) is 1. The summed E-state index contributed by atoms with van der Waals surface area (Å²) in [6.07, 6.45) is 0.0879. The zero-order chi connectivity index (χ0) is 19.4. The lowest BCUT2D eigenvalue weighted by atomic mass is 10.2. The number of thioether (sulfide) groups is 1. The van der Waals surface area contributed by atoms with Crippen LogP contribution in [0.2, 0.25) is 0 Å². The highest BCUT2D eigenvalue weighted by Crippen LogP contribution is 2.20. The molecular formula is C19H29NO5S. The van der Waals surface area contributed by atoms with Crippen LogP contribution in [-0.2, 0) is 19.0 Å². The van der Waals surface area contributed by atoms with Gasteiger partial charge in [0, 0.05) is 18.2 Å². The molecule has 0 saturated carbocycles.